The van der Waals surface area contributed by atoms with Crippen molar-refractivity contribution in [3.63, 3.8) is 0 Å². The van der Waals surface area contributed by atoms with E-state index >= 15 is 0 Å². The molecule has 0 aliphatic carbocycles. The van der Waals surface area contributed by atoms with E-state index in [-0.39, 0.29) is 6.61 Å². The molecule has 2 aliphatic heterocycles. The fourth-order valence-electron chi connectivity index (χ4n) is 1.69. The van der Waals surface area contributed by atoms with Gasteiger partial charge in [0.25, 0.3) is 0 Å². The van der Waals surface area contributed by atoms with Gasteiger partial charge >= 0.3 is 0 Å². The first kappa shape index (κ1) is 19.8. The summed E-state index contributed by atoms with van der Waals surface area (Å²) in [6.07, 6.45) is 4.76. The van der Waals surface area contributed by atoms with E-state index in [0.717, 1.165) is 65.5 Å². The molecule has 0 saturated carbocycles. The first-order valence-corrected chi connectivity index (χ1v) is 8.44. The number of aliphatic hydroxyl groups is 1. The minimum absolute atomic E-state index is 0.216. The van der Waals surface area contributed by atoms with Crippen LogP contribution in [0.25, 0.3) is 0 Å². The van der Waals surface area contributed by atoms with E-state index in [9.17, 15) is 0 Å². The molecule has 1 N–H and O–H groups in total. The second-order valence-electron chi connectivity index (χ2n) is 5.46. The zero-order chi connectivity index (χ0) is 15.9. The SMILES string of the molecule is CCCCOCCCOC1COC1.OCCCOC1COC1. The third-order valence-corrected chi connectivity index (χ3v) is 3.30. The van der Waals surface area contributed by atoms with Crippen molar-refractivity contribution >= 4 is 0 Å². The summed E-state index contributed by atoms with van der Waals surface area (Å²) in [6.45, 7) is 8.57. The lowest BCUT2D eigenvalue weighted by Crippen LogP contribution is -2.36. The van der Waals surface area contributed by atoms with Crippen molar-refractivity contribution in [1.29, 1.82) is 0 Å². The molecule has 0 atom stereocenters. The molecule has 2 rings (SSSR count). The molecule has 2 aliphatic rings. The van der Waals surface area contributed by atoms with Gasteiger partial charge in [-0.2, -0.15) is 0 Å². The van der Waals surface area contributed by atoms with Crippen molar-refractivity contribution < 1.29 is 28.8 Å². The average Bonchev–Trinajstić information content (AvgIpc) is 2.43. The lowest BCUT2D eigenvalue weighted by atomic mass is 10.3. The van der Waals surface area contributed by atoms with Gasteiger partial charge in [0.15, 0.2) is 0 Å². The Bertz CT molecular complexity index is 231. The van der Waals surface area contributed by atoms with Crippen LogP contribution in [0.3, 0.4) is 0 Å². The lowest BCUT2D eigenvalue weighted by molar-refractivity contribution is -0.131. The number of hydrogen-bond acceptors (Lipinski definition) is 6. The van der Waals surface area contributed by atoms with Gasteiger partial charge in [0.1, 0.15) is 12.2 Å². The summed E-state index contributed by atoms with van der Waals surface area (Å²) in [4.78, 5) is 0. The normalized spacial score (nSPS) is 18.3. The van der Waals surface area contributed by atoms with E-state index in [0.29, 0.717) is 18.8 Å². The summed E-state index contributed by atoms with van der Waals surface area (Å²) < 4.78 is 26.0. The molecule has 6 heteroatoms. The van der Waals surface area contributed by atoms with Crippen LogP contribution in [0.5, 0.6) is 0 Å². The summed E-state index contributed by atoms with van der Waals surface area (Å²) >= 11 is 0. The highest BCUT2D eigenvalue weighted by Gasteiger charge is 2.18. The largest absolute Gasteiger partial charge is 0.396 e. The molecule has 0 bridgehead atoms. The molecule has 0 spiro atoms. The Morgan fingerprint density at radius 3 is 1.82 bits per heavy atom. The topological polar surface area (TPSA) is 66.4 Å². The van der Waals surface area contributed by atoms with Gasteiger partial charge in [0, 0.05) is 33.0 Å². The van der Waals surface area contributed by atoms with Crippen LogP contribution < -0.4 is 0 Å². The van der Waals surface area contributed by atoms with E-state index in [1.165, 1.54) is 6.42 Å². The Kier molecular flexibility index (Phi) is 12.9. The summed E-state index contributed by atoms with van der Waals surface area (Å²) in [5, 5.41) is 8.36. The number of rotatable bonds is 12. The number of ether oxygens (including phenoxy) is 5. The van der Waals surface area contributed by atoms with Crippen LogP contribution in [-0.2, 0) is 23.7 Å². The van der Waals surface area contributed by atoms with Crippen molar-refractivity contribution in [1.82, 2.24) is 0 Å². The second-order valence-corrected chi connectivity index (χ2v) is 5.46. The van der Waals surface area contributed by atoms with Gasteiger partial charge in [-0.1, -0.05) is 13.3 Å². The molecule has 6 nitrogen and oxygen atoms in total. The molecule has 0 radical (unpaired) electrons. The molecule has 0 aromatic carbocycles. The highest BCUT2D eigenvalue weighted by atomic mass is 16.6. The standard InChI is InChI=1S/C10H20O3.C6H12O3/c1-2-3-5-11-6-4-7-13-10-8-12-9-10;7-2-1-3-9-6-4-8-5-6/h10H,2-9H2,1H3;6-7H,1-5H2. The smallest absolute Gasteiger partial charge is 0.104 e. The van der Waals surface area contributed by atoms with E-state index in [1.807, 2.05) is 0 Å². The maximum absolute atomic E-state index is 8.36. The molecule has 0 aromatic heterocycles. The van der Waals surface area contributed by atoms with Crippen LogP contribution in [0, 0.1) is 0 Å². The van der Waals surface area contributed by atoms with Crippen LogP contribution in [0.15, 0.2) is 0 Å². The van der Waals surface area contributed by atoms with Crippen molar-refractivity contribution in [2.24, 2.45) is 0 Å². The molecule has 2 fully saturated rings. The summed E-state index contributed by atoms with van der Waals surface area (Å²) in [6, 6.07) is 0. The van der Waals surface area contributed by atoms with Gasteiger partial charge in [0.05, 0.1) is 26.4 Å². The maximum atomic E-state index is 8.36. The Morgan fingerprint density at radius 2 is 1.36 bits per heavy atom. The zero-order valence-corrected chi connectivity index (χ0v) is 13.8. The molecule has 0 unspecified atom stereocenters. The fraction of sp³-hybridized carbons (Fsp3) is 1.00. The van der Waals surface area contributed by atoms with Crippen molar-refractivity contribution in [3.8, 4) is 0 Å². The van der Waals surface area contributed by atoms with E-state index in [1.54, 1.807) is 0 Å². The van der Waals surface area contributed by atoms with Gasteiger partial charge in [0.2, 0.25) is 0 Å². The molecule has 2 heterocycles. The van der Waals surface area contributed by atoms with Crippen molar-refractivity contribution in [2.45, 2.75) is 44.8 Å². The van der Waals surface area contributed by atoms with Crippen LogP contribution in [0.4, 0.5) is 0 Å². The highest BCUT2D eigenvalue weighted by molar-refractivity contribution is 4.64. The van der Waals surface area contributed by atoms with E-state index in [4.69, 9.17) is 28.8 Å². The predicted molar refractivity (Wildman–Crippen MR) is 83.2 cm³/mol. The van der Waals surface area contributed by atoms with Gasteiger partial charge < -0.3 is 28.8 Å². The van der Waals surface area contributed by atoms with Crippen LogP contribution >= 0.6 is 0 Å². The van der Waals surface area contributed by atoms with Gasteiger partial charge in [-0.3, -0.25) is 0 Å². The van der Waals surface area contributed by atoms with Crippen molar-refractivity contribution in [2.75, 3.05) is 59.5 Å². The van der Waals surface area contributed by atoms with E-state index in [2.05, 4.69) is 6.92 Å². The first-order chi connectivity index (χ1) is 10.9. The second kappa shape index (κ2) is 14.4. The van der Waals surface area contributed by atoms with Gasteiger partial charge in [-0.25, -0.2) is 0 Å². The Labute approximate surface area is 134 Å². The van der Waals surface area contributed by atoms with Gasteiger partial charge in [-0.05, 0) is 19.3 Å². The number of hydrogen-bond donors (Lipinski definition) is 1. The highest BCUT2D eigenvalue weighted by Crippen LogP contribution is 2.05. The van der Waals surface area contributed by atoms with Crippen LogP contribution in [0.2, 0.25) is 0 Å². The third-order valence-electron chi connectivity index (χ3n) is 3.30. The summed E-state index contributed by atoms with van der Waals surface area (Å²) in [5.74, 6) is 0. The molecule has 22 heavy (non-hydrogen) atoms. The minimum Gasteiger partial charge on any atom is -0.396 e. The quantitative estimate of drug-likeness (QED) is 0.548. The fourth-order valence-corrected chi connectivity index (χ4v) is 1.69. The Balaban J connectivity index is 0.000000235. The van der Waals surface area contributed by atoms with Crippen LogP contribution in [0.1, 0.15) is 32.6 Å². The number of unbranched alkanes of at least 4 members (excludes halogenated alkanes) is 1. The number of aliphatic hydroxyl groups excluding tert-OH is 1. The molecule has 0 amide bonds. The zero-order valence-electron chi connectivity index (χ0n) is 13.8. The van der Waals surface area contributed by atoms with E-state index < -0.39 is 0 Å². The monoisotopic (exact) mass is 320 g/mol. The Morgan fingerprint density at radius 1 is 0.818 bits per heavy atom. The Hall–Kier alpha value is -0.240. The summed E-state index contributed by atoms with van der Waals surface area (Å²) in [5.41, 5.74) is 0. The van der Waals surface area contributed by atoms with Gasteiger partial charge in [-0.15, -0.1) is 0 Å². The maximum Gasteiger partial charge on any atom is 0.104 e. The third kappa shape index (κ3) is 10.5. The predicted octanol–water partition coefficient (Wildman–Crippen LogP) is 1.39. The molecule has 0 aromatic rings. The molecule has 2 saturated heterocycles. The molecular weight excluding hydrogens is 288 g/mol. The molecular formula is C16H32O6. The minimum atomic E-state index is 0.216. The lowest BCUT2D eigenvalue weighted by Gasteiger charge is -2.25. The average molecular weight is 320 g/mol. The van der Waals surface area contributed by atoms with Crippen LogP contribution in [-0.4, -0.2) is 76.8 Å². The summed E-state index contributed by atoms with van der Waals surface area (Å²) in [7, 11) is 0. The first-order valence-electron chi connectivity index (χ1n) is 8.44. The molecule has 132 valence electrons. The van der Waals surface area contributed by atoms with Crippen molar-refractivity contribution in [3.05, 3.63) is 0 Å².